The zero-order valence-electron chi connectivity index (χ0n) is 28.2. The maximum absolute atomic E-state index is 12.6. The molecule has 1 aliphatic heterocycles. The van der Waals surface area contributed by atoms with Crippen molar-refractivity contribution in [2.24, 2.45) is 0 Å². The Morgan fingerprint density at radius 2 is 1.35 bits per heavy atom. The molecule has 1 fully saturated rings. The average molecular weight is 679 g/mol. The van der Waals surface area contributed by atoms with E-state index < -0.39 is 28.3 Å². The number of benzene rings is 3. The molecule has 13 nitrogen and oxygen atoms in total. The summed E-state index contributed by atoms with van der Waals surface area (Å²) in [4.78, 5) is 46.4. The van der Waals surface area contributed by atoms with E-state index in [0.29, 0.717) is 30.5 Å². The Morgan fingerprint density at radius 3 is 1.92 bits per heavy atom. The fraction of sp³-hybridized carbons (Fsp3) is 0.444. The van der Waals surface area contributed by atoms with Crippen LogP contribution in [0, 0.1) is 20.2 Å². The first-order chi connectivity index (χ1) is 23.4. The lowest BCUT2D eigenvalue weighted by Crippen LogP contribution is -2.51. The number of hydrogen-bond acceptors (Lipinski definition) is 9. The molecule has 3 aromatic carbocycles. The first-order valence-corrected chi connectivity index (χ1v) is 16.7. The van der Waals surface area contributed by atoms with Crippen molar-refractivity contribution in [3.63, 3.8) is 0 Å². The van der Waals surface area contributed by atoms with Gasteiger partial charge in [0.25, 0.3) is 11.4 Å². The first kappa shape index (κ1) is 36.9. The summed E-state index contributed by atoms with van der Waals surface area (Å²) in [5, 5.41) is 22.1. The van der Waals surface area contributed by atoms with Crippen LogP contribution in [0.1, 0.15) is 55.7 Å². The minimum Gasteiger partial charge on any atom is -0.428 e. The monoisotopic (exact) mass is 678 g/mol. The maximum atomic E-state index is 12.6. The number of nitrogens with zero attached hydrogens (tertiary/aromatic N) is 4. The van der Waals surface area contributed by atoms with Gasteiger partial charge in [-0.2, -0.15) is 0 Å². The fourth-order valence-corrected chi connectivity index (χ4v) is 6.50. The van der Waals surface area contributed by atoms with Gasteiger partial charge in [0.05, 0.1) is 42.9 Å². The molecule has 13 heteroatoms. The van der Waals surface area contributed by atoms with E-state index in [2.05, 4.69) is 0 Å². The highest BCUT2D eigenvalue weighted by molar-refractivity contribution is 5.69. The number of rotatable bonds is 17. The third-order valence-corrected chi connectivity index (χ3v) is 8.97. The Labute approximate surface area is 286 Å². The number of nitro groups is 2. The van der Waals surface area contributed by atoms with Gasteiger partial charge >= 0.3 is 12.1 Å². The van der Waals surface area contributed by atoms with Crippen LogP contribution in [0.3, 0.4) is 0 Å². The zero-order chi connectivity index (χ0) is 35.3. The highest BCUT2D eigenvalue weighted by atomic mass is 16.8. The van der Waals surface area contributed by atoms with Crippen molar-refractivity contribution >= 4 is 23.5 Å². The van der Waals surface area contributed by atoms with Crippen LogP contribution in [0.4, 0.5) is 16.2 Å². The van der Waals surface area contributed by atoms with Gasteiger partial charge in [-0.3, -0.25) is 25.0 Å². The molecule has 2 unspecified atom stereocenters. The SMILES string of the molecule is CC(OC(=O)CCC[N+]1(Cc2ccc([N+](=O)[O-])cc2)CCCCC1)OC(=O)OCC[N+](C)(Cc1ccccc1)Cc1ccc([N+](=O)[O-])cc1. The van der Waals surface area contributed by atoms with Gasteiger partial charge in [0, 0.05) is 54.3 Å². The van der Waals surface area contributed by atoms with Gasteiger partial charge < -0.3 is 23.2 Å². The molecule has 0 aliphatic carbocycles. The molecule has 1 heterocycles. The summed E-state index contributed by atoms with van der Waals surface area (Å²) in [6, 6.07) is 23.0. The summed E-state index contributed by atoms with van der Waals surface area (Å²) < 4.78 is 17.2. The van der Waals surface area contributed by atoms with Crippen molar-refractivity contribution in [2.45, 2.75) is 65.0 Å². The summed E-state index contributed by atoms with van der Waals surface area (Å²) in [6.45, 7) is 6.61. The van der Waals surface area contributed by atoms with Crippen LogP contribution in [0.5, 0.6) is 0 Å². The third kappa shape index (κ3) is 11.9. The summed E-state index contributed by atoms with van der Waals surface area (Å²) in [6.07, 6.45) is 2.04. The van der Waals surface area contributed by atoms with E-state index in [1.807, 2.05) is 37.4 Å². The molecule has 49 heavy (non-hydrogen) atoms. The lowest BCUT2D eigenvalue weighted by Gasteiger charge is -2.41. The van der Waals surface area contributed by atoms with Crippen molar-refractivity contribution in [1.29, 1.82) is 0 Å². The van der Waals surface area contributed by atoms with Gasteiger partial charge in [0.15, 0.2) is 0 Å². The quantitative estimate of drug-likeness (QED) is 0.0502. The Kier molecular flexibility index (Phi) is 13.2. The highest BCUT2D eigenvalue weighted by Gasteiger charge is 2.31. The van der Waals surface area contributed by atoms with Gasteiger partial charge in [-0.1, -0.05) is 30.3 Å². The van der Waals surface area contributed by atoms with Gasteiger partial charge in [-0.05, 0) is 43.5 Å². The lowest BCUT2D eigenvalue weighted by atomic mass is 10.0. The van der Waals surface area contributed by atoms with E-state index >= 15 is 0 Å². The minimum atomic E-state index is -1.12. The van der Waals surface area contributed by atoms with Gasteiger partial charge in [0.1, 0.15) is 32.8 Å². The molecule has 1 aliphatic rings. The topological polar surface area (TPSA) is 148 Å². The Morgan fingerprint density at radius 1 is 0.796 bits per heavy atom. The summed E-state index contributed by atoms with van der Waals surface area (Å²) >= 11 is 0. The zero-order valence-corrected chi connectivity index (χ0v) is 28.2. The fourth-order valence-electron chi connectivity index (χ4n) is 6.50. The number of non-ortho nitro benzene ring substituents is 2. The van der Waals surface area contributed by atoms with E-state index in [1.165, 1.54) is 37.6 Å². The standard InChI is InChI=1S/C36H46N4O9/c1-29(48-35(41)12-9-23-40(21-7-4-8-22-40)28-32-15-19-34(20-16-32)38(45)46)49-36(42)47-25-24-39(2,26-30-10-5-3-6-11-30)27-31-13-17-33(18-14-31)37(43)44/h3,5-6,10-11,13-20,29H,4,7-9,12,21-28H2,1-2H3/q+2. The van der Waals surface area contributed by atoms with Crippen LogP contribution in [0.2, 0.25) is 0 Å². The van der Waals surface area contributed by atoms with Crippen molar-refractivity contribution in [1.82, 2.24) is 0 Å². The van der Waals surface area contributed by atoms with Crippen molar-refractivity contribution in [3.05, 3.63) is 116 Å². The van der Waals surface area contributed by atoms with Crippen LogP contribution in [0.15, 0.2) is 78.9 Å². The van der Waals surface area contributed by atoms with Gasteiger partial charge in [0.2, 0.25) is 6.29 Å². The number of likely N-dealkylation sites (N-methyl/N-ethyl adjacent to an activating group) is 1. The molecule has 0 saturated carbocycles. The molecule has 1 saturated heterocycles. The molecule has 262 valence electrons. The number of quaternary nitrogens is 2. The van der Waals surface area contributed by atoms with Crippen LogP contribution in [-0.4, -0.2) is 77.1 Å². The molecule has 0 spiro atoms. The lowest BCUT2D eigenvalue weighted by molar-refractivity contribution is -0.945. The minimum absolute atomic E-state index is 0.0221. The molecule has 0 radical (unpaired) electrons. The second-order valence-corrected chi connectivity index (χ2v) is 13.1. The molecule has 2 atom stereocenters. The number of hydrogen-bond donors (Lipinski definition) is 0. The predicted molar refractivity (Wildman–Crippen MR) is 181 cm³/mol. The Bertz CT molecular complexity index is 1540. The van der Waals surface area contributed by atoms with Crippen LogP contribution in [0.25, 0.3) is 0 Å². The number of carbonyl (C=O) groups is 2. The van der Waals surface area contributed by atoms with Crippen molar-refractivity contribution in [2.75, 3.05) is 39.8 Å². The van der Waals surface area contributed by atoms with Crippen molar-refractivity contribution in [3.8, 4) is 0 Å². The van der Waals surface area contributed by atoms with Crippen LogP contribution in [-0.2, 0) is 38.6 Å². The van der Waals surface area contributed by atoms with Gasteiger partial charge in [-0.15, -0.1) is 0 Å². The molecular formula is C36H46N4O9+2. The number of ether oxygens (including phenoxy) is 3. The van der Waals surface area contributed by atoms with Crippen LogP contribution >= 0.6 is 0 Å². The van der Waals surface area contributed by atoms with E-state index in [-0.39, 0.29) is 24.4 Å². The molecular weight excluding hydrogens is 632 g/mol. The summed E-state index contributed by atoms with van der Waals surface area (Å²) in [5.41, 5.74) is 3.12. The number of esters is 1. The molecule has 0 N–H and O–H groups in total. The number of nitro benzene ring substituents is 2. The second kappa shape index (κ2) is 17.5. The van der Waals surface area contributed by atoms with Gasteiger partial charge in [-0.25, -0.2) is 4.79 Å². The average Bonchev–Trinajstić information content (AvgIpc) is 3.06. The number of likely N-dealkylation sites (tertiary alicyclic amines) is 1. The normalized spacial score (nSPS) is 15.7. The third-order valence-electron chi connectivity index (χ3n) is 8.97. The van der Waals surface area contributed by atoms with E-state index in [4.69, 9.17) is 14.2 Å². The highest BCUT2D eigenvalue weighted by Crippen LogP contribution is 2.25. The smallest absolute Gasteiger partial charge is 0.428 e. The van der Waals surface area contributed by atoms with E-state index in [1.54, 1.807) is 24.3 Å². The molecule has 0 amide bonds. The molecule has 4 rings (SSSR count). The number of carbonyl (C=O) groups excluding carboxylic acids is 2. The Hall–Kier alpha value is -4.88. The number of piperidine rings is 1. The van der Waals surface area contributed by atoms with Crippen molar-refractivity contribution < 1.29 is 42.6 Å². The first-order valence-electron chi connectivity index (χ1n) is 16.7. The maximum Gasteiger partial charge on any atom is 0.511 e. The second-order valence-electron chi connectivity index (χ2n) is 13.1. The molecule has 0 aromatic heterocycles. The molecule has 0 bridgehead atoms. The van der Waals surface area contributed by atoms with E-state index in [0.717, 1.165) is 60.2 Å². The van der Waals surface area contributed by atoms with Crippen LogP contribution < -0.4 is 0 Å². The Balaban J connectivity index is 1.22. The largest absolute Gasteiger partial charge is 0.511 e. The summed E-state index contributed by atoms with van der Waals surface area (Å²) in [7, 11) is 2.02. The summed E-state index contributed by atoms with van der Waals surface area (Å²) in [5.74, 6) is -0.471. The molecule has 3 aromatic rings. The van der Waals surface area contributed by atoms with E-state index in [9.17, 15) is 29.8 Å². The predicted octanol–water partition coefficient (Wildman–Crippen LogP) is 6.67.